The monoisotopic (exact) mass is 279 g/mol. The molecule has 1 fully saturated rings. The molecule has 5 heteroatoms. The average Bonchev–Trinajstić information content (AvgIpc) is 2.47. The molecule has 2 rings (SSSR count). The molecular weight excluding hydrogens is 258 g/mol. The van der Waals surface area contributed by atoms with Crippen molar-refractivity contribution in [3.8, 4) is 0 Å². The Labute approximate surface area is 118 Å². The Balaban J connectivity index is 1.85. The van der Waals surface area contributed by atoms with Crippen LogP contribution in [0.25, 0.3) is 0 Å². The van der Waals surface area contributed by atoms with E-state index in [-0.39, 0.29) is 12.1 Å². The standard InChI is InChI=1S/C14H21N3OS/c1-2-13(11-3-7-15-8-4-11)17-14(18)16-12-5-9-19-10-6-12/h3-4,7-8,12-13H,2,5-6,9-10H2,1H3,(H2,16,17,18)/t13-/m1/s1. The second-order valence-electron chi connectivity index (χ2n) is 4.75. The Bertz CT molecular complexity index is 393. The maximum atomic E-state index is 12.0. The molecule has 0 radical (unpaired) electrons. The van der Waals surface area contributed by atoms with Crippen LogP contribution in [0, 0.1) is 0 Å². The SMILES string of the molecule is CC[C@@H](NC(=O)NC1CCSCC1)c1ccncc1. The highest BCUT2D eigenvalue weighted by atomic mass is 32.2. The second kappa shape index (κ2) is 7.38. The first-order valence-corrected chi connectivity index (χ1v) is 7.99. The van der Waals surface area contributed by atoms with Crippen molar-refractivity contribution < 1.29 is 4.79 Å². The number of rotatable bonds is 4. The van der Waals surface area contributed by atoms with E-state index in [0.29, 0.717) is 6.04 Å². The van der Waals surface area contributed by atoms with E-state index in [0.717, 1.165) is 36.3 Å². The third kappa shape index (κ3) is 4.42. The Morgan fingerprint density at radius 2 is 2.11 bits per heavy atom. The summed E-state index contributed by atoms with van der Waals surface area (Å²) in [6.45, 7) is 2.07. The van der Waals surface area contributed by atoms with Gasteiger partial charge in [0.05, 0.1) is 6.04 Å². The van der Waals surface area contributed by atoms with Crippen LogP contribution in [0.15, 0.2) is 24.5 Å². The van der Waals surface area contributed by atoms with Crippen LogP contribution in [-0.2, 0) is 0 Å². The molecule has 1 atom stereocenters. The molecule has 0 aromatic carbocycles. The lowest BCUT2D eigenvalue weighted by atomic mass is 10.1. The molecular formula is C14H21N3OS. The number of nitrogens with zero attached hydrogens (tertiary/aromatic N) is 1. The van der Waals surface area contributed by atoms with Crippen molar-refractivity contribution in [1.82, 2.24) is 15.6 Å². The van der Waals surface area contributed by atoms with Crippen LogP contribution in [0.5, 0.6) is 0 Å². The van der Waals surface area contributed by atoms with E-state index >= 15 is 0 Å². The third-order valence-corrected chi connectivity index (χ3v) is 4.43. The van der Waals surface area contributed by atoms with Crippen molar-refractivity contribution in [3.63, 3.8) is 0 Å². The number of pyridine rings is 1. The Hall–Kier alpha value is -1.23. The molecule has 1 aliphatic rings. The number of amides is 2. The molecule has 0 saturated carbocycles. The summed E-state index contributed by atoms with van der Waals surface area (Å²) >= 11 is 1.96. The van der Waals surface area contributed by atoms with Gasteiger partial charge in [0.2, 0.25) is 0 Å². The van der Waals surface area contributed by atoms with Crippen molar-refractivity contribution >= 4 is 17.8 Å². The topological polar surface area (TPSA) is 54.0 Å². The van der Waals surface area contributed by atoms with Crippen LogP contribution in [0.4, 0.5) is 4.79 Å². The number of carbonyl (C=O) groups is 1. The van der Waals surface area contributed by atoms with Crippen LogP contribution in [0.3, 0.4) is 0 Å². The van der Waals surface area contributed by atoms with Crippen molar-refractivity contribution in [2.45, 2.75) is 38.3 Å². The summed E-state index contributed by atoms with van der Waals surface area (Å²) in [6, 6.07) is 4.23. The number of hydrogen-bond acceptors (Lipinski definition) is 3. The lowest BCUT2D eigenvalue weighted by molar-refractivity contribution is 0.232. The molecule has 2 N–H and O–H groups in total. The van der Waals surface area contributed by atoms with E-state index in [1.54, 1.807) is 12.4 Å². The largest absolute Gasteiger partial charge is 0.335 e. The van der Waals surface area contributed by atoms with E-state index in [1.165, 1.54) is 0 Å². The van der Waals surface area contributed by atoms with Gasteiger partial charge in [-0.05, 0) is 48.5 Å². The highest BCUT2D eigenvalue weighted by molar-refractivity contribution is 7.99. The molecule has 0 spiro atoms. The van der Waals surface area contributed by atoms with Gasteiger partial charge in [0, 0.05) is 18.4 Å². The number of aromatic nitrogens is 1. The van der Waals surface area contributed by atoms with E-state index in [4.69, 9.17) is 0 Å². The summed E-state index contributed by atoms with van der Waals surface area (Å²) in [5.41, 5.74) is 1.10. The Kier molecular flexibility index (Phi) is 5.51. The molecule has 1 saturated heterocycles. The second-order valence-corrected chi connectivity index (χ2v) is 5.97. The quantitative estimate of drug-likeness (QED) is 0.891. The molecule has 2 amide bonds. The summed E-state index contributed by atoms with van der Waals surface area (Å²) in [5.74, 6) is 2.29. The number of hydrogen-bond donors (Lipinski definition) is 2. The Morgan fingerprint density at radius 3 is 2.74 bits per heavy atom. The summed E-state index contributed by atoms with van der Waals surface area (Å²) in [7, 11) is 0. The van der Waals surface area contributed by atoms with E-state index < -0.39 is 0 Å². The summed E-state index contributed by atoms with van der Waals surface area (Å²) in [6.07, 6.45) is 6.54. The maximum Gasteiger partial charge on any atom is 0.315 e. The fourth-order valence-corrected chi connectivity index (χ4v) is 3.35. The third-order valence-electron chi connectivity index (χ3n) is 3.38. The molecule has 0 unspecified atom stereocenters. The van der Waals surface area contributed by atoms with Crippen molar-refractivity contribution in [3.05, 3.63) is 30.1 Å². The van der Waals surface area contributed by atoms with Crippen LogP contribution in [-0.4, -0.2) is 28.6 Å². The predicted octanol–water partition coefficient (Wildman–Crippen LogP) is 2.73. The van der Waals surface area contributed by atoms with Crippen LogP contribution in [0.2, 0.25) is 0 Å². The number of urea groups is 1. The highest BCUT2D eigenvalue weighted by Crippen LogP contribution is 2.18. The molecule has 0 bridgehead atoms. The fraction of sp³-hybridized carbons (Fsp3) is 0.571. The van der Waals surface area contributed by atoms with E-state index in [2.05, 4.69) is 22.5 Å². The van der Waals surface area contributed by atoms with Gasteiger partial charge in [-0.2, -0.15) is 11.8 Å². The molecule has 0 aliphatic carbocycles. The van der Waals surface area contributed by atoms with Gasteiger partial charge >= 0.3 is 6.03 Å². The fourth-order valence-electron chi connectivity index (χ4n) is 2.24. The van der Waals surface area contributed by atoms with Gasteiger partial charge in [-0.1, -0.05) is 6.92 Å². The van der Waals surface area contributed by atoms with Crippen LogP contribution in [0.1, 0.15) is 37.8 Å². The first-order chi connectivity index (χ1) is 9.29. The number of nitrogens with one attached hydrogen (secondary N) is 2. The minimum absolute atomic E-state index is 0.0550. The normalized spacial score (nSPS) is 17.7. The van der Waals surface area contributed by atoms with Gasteiger partial charge in [-0.15, -0.1) is 0 Å². The molecule has 4 nitrogen and oxygen atoms in total. The van der Waals surface area contributed by atoms with Gasteiger partial charge in [0.15, 0.2) is 0 Å². The van der Waals surface area contributed by atoms with Gasteiger partial charge < -0.3 is 10.6 Å². The molecule has 104 valence electrons. The van der Waals surface area contributed by atoms with Crippen LogP contribution < -0.4 is 10.6 Å². The van der Waals surface area contributed by atoms with Crippen molar-refractivity contribution in [2.24, 2.45) is 0 Å². The lowest BCUT2D eigenvalue weighted by Gasteiger charge is -2.24. The zero-order valence-electron chi connectivity index (χ0n) is 11.3. The van der Waals surface area contributed by atoms with Gasteiger partial charge in [-0.3, -0.25) is 4.98 Å². The molecule has 2 heterocycles. The van der Waals surface area contributed by atoms with Gasteiger partial charge in [-0.25, -0.2) is 4.79 Å². The molecule has 19 heavy (non-hydrogen) atoms. The zero-order valence-corrected chi connectivity index (χ0v) is 12.1. The maximum absolute atomic E-state index is 12.0. The minimum Gasteiger partial charge on any atom is -0.335 e. The van der Waals surface area contributed by atoms with Crippen molar-refractivity contribution in [1.29, 1.82) is 0 Å². The summed E-state index contributed by atoms with van der Waals surface area (Å²) < 4.78 is 0. The smallest absolute Gasteiger partial charge is 0.315 e. The van der Waals surface area contributed by atoms with E-state index in [1.807, 2.05) is 23.9 Å². The zero-order chi connectivity index (χ0) is 13.5. The van der Waals surface area contributed by atoms with E-state index in [9.17, 15) is 4.79 Å². The Morgan fingerprint density at radius 1 is 1.42 bits per heavy atom. The number of carbonyl (C=O) groups excluding carboxylic acids is 1. The van der Waals surface area contributed by atoms with Gasteiger partial charge in [0.25, 0.3) is 0 Å². The first-order valence-electron chi connectivity index (χ1n) is 6.84. The predicted molar refractivity (Wildman–Crippen MR) is 79.3 cm³/mol. The lowest BCUT2D eigenvalue weighted by Crippen LogP contribution is -2.44. The number of thioether (sulfide) groups is 1. The molecule has 1 aromatic heterocycles. The molecule has 1 aliphatic heterocycles. The van der Waals surface area contributed by atoms with Gasteiger partial charge in [0.1, 0.15) is 0 Å². The highest BCUT2D eigenvalue weighted by Gasteiger charge is 2.18. The average molecular weight is 279 g/mol. The van der Waals surface area contributed by atoms with Crippen molar-refractivity contribution in [2.75, 3.05) is 11.5 Å². The first kappa shape index (κ1) is 14.2. The minimum atomic E-state index is -0.0550. The molecule has 1 aromatic rings. The summed E-state index contributed by atoms with van der Waals surface area (Å²) in [5, 5.41) is 6.12. The van der Waals surface area contributed by atoms with Crippen LogP contribution >= 0.6 is 11.8 Å². The summed E-state index contributed by atoms with van der Waals surface area (Å²) in [4.78, 5) is 16.0.